The number of hydrogen-bond donors (Lipinski definition) is 1. The largest absolute Gasteiger partial charge is 0.485 e. The molecule has 7 nitrogen and oxygen atoms in total. The van der Waals surface area contributed by atoms with E-state index in [1.165, 1.54) is 29.2 Å². The van der Waals surface area contributed by atoms with Crippen molar-refractivity contribution >= 4 is 23.3 Å². The van der Waals surface area contributed by atoms with E-state index in [0.717, 1.165) is 5.56 Å². The molecular formula is C27H25FN2O5. The number of Topliss-reactive ketones (excluding diaryl/α,β-unsaturated/α-hetero) is 1. The summed E-state index contributed by atoms with van der Waals surface area (Å²) in [5, 5.41) is 2.85. The fourth-order valence-corrected chi connectivity index (χ4v) is 3.82. The summed E-state index contributed by atoms with van der Waals surface area (Å²) in [6.45, 7) is 3.17. The lowest BCUT2D eigenvalue weighted by atomic mass is 10.1. The first kappa shape index (κ1) is 23.9. The highest BCUT2D eigenvalue weighted by atomic mass is 19.1. The molecule has 8 heteroatoms. The standard InChI is InChI=1S/C27H25FN2O5/c1-17-12-21(28)9-11-24(17)34-15-23(31)20-8-10-25-22(13-20)30(26(32)16-35-25)18(2)27(33)29-14-19-6-4-3-5-7-19/h3-13,18H,14-16H2,1-2H3,(H,29,33). The molecule has 1 atom stereocenters. The zero-order chi connectivity index (χ0) is 24.9. The zero-order valence-corrected chi connectivity index (χ0v) is 19.4. The van der Waals surface area contributed by atoms with Crippen molar-refractivity contribution in [3.05, 3.63) is 89.2 Å². The van der Waals surface area contributed by atoms with Gasteiger partial charge >= 0.3 is 0 Å². The van der Waals surface area contributed by atoms with Crippen LogP contribution < -0.4 is 19.7 Å². The Morgan fingerprint density at radius 1 is 1.11 bits per heavy atom. The van der Waals surface area contributed by atoms with Gasteiger partial charge in [-0.05, 0) is 61.4 Å². The molecule has 1 N–H and O–H groups in total. The quantitative estimate of drug-likeness (QED) is 0.500. The number of ketones is 1. The van der Waals surface area contributed by atoms with Gasteiger partial charge in [0.05, 0.1) is 5.69 Å². The van der Waals surface area contributed by atoms with Crippen LogP contribution in [0.2, 0.25) is 0 Å². The van der Waals surface area contributed by atoms with Crippen LogP contribution in [0, 0.1) is 12.7 Å². The molecule has 0 bridgehead atoms. The summed E-state index contributed by atoms with van der Waals surface area (Å²) >= 11 is 0. The Bertz CT molecular complexity index is 1260. The molecule has 35 heavy (non-hydrogen) atoms. The lowest BCUT2D eigenvalue weighted by Gasteiger charge is -2.33. The number of hydrogen-bond acceptors (Lipinski definition) is 5. The van der Waals surface area contributed by atoms with Gasteiger partial charge in [0.15, 0.2) is 19.0 Å². The Balaban J connectivity index is 1.49. The second-order valence-corrected chi connectivity index (χ2v) is 8.24. The fourth-order valence-electron chi connectivity index (χ4n) is 3.82. The van der Waals surface area contributed by atoms with E-state index in [2.05, 4.69) is 5.32 Å². The van der Waals surface area contributed by atoms with Gasteiger partial charge in [-0.1, -0.05) is 30.3 Å². The summed E-state index contributed by atoms with van der Waals surface area (Å²) in [4.78, 5) is 39.7. The zero-order valence-electron chi connectivity index (χ0n) is 19.4. The molecule has 3 aromatic carbocycles. The van der Waals surface area contributed by atoms with Crippen molar-refractivity contribution in [2.45, 2.75) is 26.4 Å². The minimum atomic E-state index is -0.822. The molecule has 3 aromatic rings. The van der Waals surface area contributed by atoms with E-state index in [0.29, 0.717) is 34.9 Å². The normalized spacial score (nSPS) is 13.5. The maximum absolute atomic E-state index is 13.3. The van der Waals surface area contributed by atoms with Gasteiger partial charge in [-0.15, -0.1) is 0 Å². The topological polar surface area (TPSA) is 84.9 Å². The Hall–Kier alpha value is -4.20. The van der Waals surface area contributed by atoms with Crippen molar-refractivity contribution in [3.8, 4) is 11.5 Å². The molecule has 1 unspecified atom stereocenters. The molecule has 0 spiro atoms. The van der Waals surface area contributed by atoms with E-state index in [4.69, 9.17) is 9.47 Å². The molecule has 0 saturated carbocycles. The molecule has 2 amide bonds. The van der Waals surface area contributed by atoms with Gasteiger partial charge in [0, 0.05) is 12.1 Å². The van der Waals surface area contributed by atoms with E-state index < -0.39 is 6.04 Å². The van der Waals surface area contributed by atoms with Crippen LogP contribution in [-0.4, -0.2) is 36.9 Å². The highest BCUT2D eigenvalue weighted by molar-refractivity contribution is 6.05. The van der Waals surface area contributed by atoms with Crippen LogP contribution in [-0.2, 0) is 16.1 Å². The highest BCUT2D eigenvalue weighted by Crippen LogP contribution is 2.34. The van der Waals surface area contributed by atoms with Crippen LogP contribution in [0.3, 0.4) is 0 Å². The highest BCUT2D eigenvalue weighted by Gasteiger charge is 2.33. The number of aryl methyl sites for hydroxylation is 1. The predicted octanol–water partition coefficient (Wildman–Crippen LogP) is 3.83. The molecule has 0 saturated heterocycles. The summed E-state index contributed by atoms with van der Waals surface area (Å²) in [6, 6.07) is 17.4. The van der Waals surface area contributed by atoms with Crippen LogP contribution in [0.4, 0.5) is 10.1 Å². The van der Waals surface area contributed by atoms with Crippen LogP contribution >= 0.6 is 0 Å². The second kappa shape index (κ2) is 10.4. The summed E-state index contributed by atoms with van der Waals surface area (Å²) in [5.41, 5.74) is 2.14. The average molecular weight is 477 g/mol. The summed E-state index contributed by atoms with van der Waals surface area (Å²) < 4.78 is 24.4. The van der Waals surface area contributed by atoms with Gasteiger partial charge in [0.1, 0.15) is 23.4 Å². The van der Waals surface area contributed by atoms with Crippen molar-refractivity contribution < 1.29 is 28.2 Å². The van der Waals surface area contributed by atoms with Gasteiger partial charge in [0.2, 0.25) is 5.91 Å². The number of carbonyl (C=O) groups is 3. The lowest BCUT2D eigenvalue weighted by Crippen LogP contribution is -2.51. The minimum Gasteiger partial charge on any atom is -0.485 e. The Labute approximate surface area is 202 Å². The number of nitrogens with one attached hydrogen (secondary N) is 1. The van der Waals surface area contributed by atoms with Crippen LogP contribution in [0.1, 0.15) is 28.4 Å². The van der Waals surface area contributed by atoms with Gasteiger partial charge in [-0.3, -0.25) is 19.3 Å². The third kappa shape index (κ3) is 5.48. The molecule has 1 aliphatic heterocycles. The van der Waals surface area contributed by atoms with E-state index in [1.54, 1.807) is 26.0 Å². The number of halogens is 1. The predicted molar refractivity (Wildman–Crippen MR) is 128 cm³/mol. The number of anilines is 1. The van der Waals surface area contributed by atoms with Crippen molar-refractivity contribution in [1.29, 1.82) is 0 Å². The third-order valence-electron chi connectivity index (χ3n) is 5.73. The number of ether oxygens (including phenoxy) is 2. The SMILES string of the molecule is Cc1cc(F)ccc1OCC(=O)c1ccc2c(c1)N(C(C)C(=O)NCc1ccccc1)C(=O)CO2. The van der Waals surface area contributed by atoms with Crippen LogP contribution in [0.5, 0.6) is 11.5 Å². The monoisotopic (exact) mass is 476 g/mol. The van der Waals surface area contributed by atoms with E-state index in [1.807, 2.05) is 30.3 Å². The smallest absolute Gasteiger partial charge is 0.265 e. The number of nitrogens with zero attached hydrogens (tertiary/aromatic N) is 1. The maximum atomic E-state index is 13.3. The Kier molecular flexibility index (Phi) is 7.10. The first-order valence-corrected chi connectivity index (χ1v) is 11.2. The van der Waals surface area contributed by atoms with E-state index in [9.17, 15) is 18.8 Å². The van der Waals surface area contributed by atoms with Crippen molar-refractivity contribution in [1.82, 2.24) is 5.32 Å². The summed E-state index contributed by atoms with van der Waals surface area (Å²) in [6.07, 6.45) is 0. The first-order chi connectivity index (χ1) is 16.8. The maximum Gasteiger partial charge on any atom is 0.265 e. The Morgan fingerprint density at radius 2 is 1.89 bits per heavy atom. The van der Waals surface area contributed by atoms with Crippen LogP contribution in [0.25, 0.3) is 0 Å². The molecule has 0 radical (unpaired) electrons. The van der Waals surface area contributed by atoms with Crippen molar-refractivity contribution in [2.75, 3.05) is 18.1 Å². The molecule has 1 heterocycles. The molecule has 0 aromatic heterocycles. The minimum absolute atomic E-state index is 0.205. The van der Waals surface area contributed by atoms with Gasteiger partial charge in [0.25, 0.3) is 5.91 Å². The first-order valence-electron chi connectivity index (χ1n) is 11.2. The number of rotatable bonds is 8. The molecule has 4 rings (SSSR count). The third-order valence-corrected chi connectivity index (χ3v) is 5.73. The number of amides is 2. The van der Waals surface area contributed by atoms with Gasteiger partial charge in [-0.25, -0.2) is 4.39 Å². The van der Waals surface area contributed by atoms with E-state index in [-0.39, 0.29) is 36.6 Å². The van der Waals surface area contributed by atoms with Gasteiger partial charge in [-0.2, -0.15) is 0 Å². The average Bonchev–Trinajstić information content (AvgIpc) is 2.86. The van der Waals surface area contributed by atoms with Gasteiger partial charge < -0.3 is 14.8 Å². The summed E-state index contributed by atoms with van der Waals surface area (Å²) in [7, 11) is 0. The Morgan fingerprint density at radius 3 is 2.63 bits per heavy atom. The fraction of sp³-hybridized carbons (Fsp3) is 0.222. The molecule has 0 fully saturated rings. The van der Waals surface area contributed by atoms with Crippen molar-refractivity contribution in [2.24, 2.45) is 0 Å². The molecule has 1 aliphatic rings. The van der Waals surface area contributed by atoms with E-state index >= 15 is 0 Å². The molecule has 180 valence electrons. The summed E-state index contributed by atoms with van der Waals surface area (Å²) in [5.74, 6) is -0.636. The second-order valence-electron chi connectivity index (χ2n) is 8.24. The molecule has 0 aliphatic carbocycles. The lowest BCUT2D eigenvalue weighted by molar-refractivity contribution is -0.127. The number of carbonyl (C=O) groups excluding carboxylic acids is 3. The van der Waals surface area contributed by atoms with Crippen molar-refractivity contribution in [3.63, 3.8) is 0 Å². The number of benzene rings is 3. The molecular weight excluding hydrogens is 451 g/mol. The number of fused-ring (bicyclic) bond motifs is 1. The van der Waals surface area contributed by atoms with Crippen LogP contribution in [0.15, 0.2) is 66.7 Å².